The molecule has 2 aliphatic rings. The predicted molar refractivity (Wildman–Crippen MR) is 159 cm³/mol. The molecule has 5 heterocycles. The van der Waals surface area contributed by atoms with Gasteiger partial charge < -0.3 is 15.3 Å². The van der Waals surface area contributed by atoms with Gasteiger partial charge in [0.2, 0.25) is 0 Å². The summed E-state index contributed by atoms with van der Waals surface area (Å²) < 4.78 is 0. The number of rotatable bonds is 10. The Hall–Kier alpha value is -4.58. The van der Waals surface area contributed by atoms with Crippen molar-refractivity contribution in [3.63, 3.8) is 0 Å². The SMILES string of the molecule is C=CC=NC(=CC)C1N(Cc2ccccn2)C(c2ccccn2)C2(C(=O)O)CN(Cc3ccccn3)CC1(C(=O)O)C2O. The highest BCUT2D eigenvalue weighted by Crippen LogP contribution is 2.60. The lowest BCUT2D eigenvalue weighted by Gasteiger charge is -2.64. The van der Waals surface area contributed by atoms with Gasteiger partial charge in [0.25, 0.3) is 0 Å². The first kappa shape index (κ1) is 29.9. The summed E-state index contributed by atoms with van der Waals surface area (Å²) in [6, 6.07) is 13.8. The lowest BCUT2D eigenvalue weighted by Crippen LogP contribution is -2.79. The van der Waals surface area contributed by atoms with E-state index in [9.17, 15) is 24.9 Å². The Morgan fingerprint density at radius 2 is 1.51 bits per heavy atom. The lowest BCUT2D eigenvalue weighted by atomic mass is 9.53. The zero-order valence-corrected chi connectivity index (χ0v) is 23.8. The van der Waals surface area contributed by atoms with Crippen LogP contribution >= 0.6 is 0 Å². The number of aliphatic carboxylic acids is 2. The van der Waals surface area contributed by atoms with Gasteiger partial charge in [-0.15, -0.1) is 0 Å². The Morgan fingerprint density at radius 3 is 2.02 bits per heavy atom. The third-order valence-electron chi connectivity index (χ3n) is 8.44. The van der Waals surface area contributed by atoms with Gasteiger partial charge in [-0.2, -0.15) is 0 Å². The van der Waals surface area contributed by atoms with Crippen molar-refractivity contribution in [3.05, 3.63) is 115 Å². The summed E-state index contributed by atoms with van der Waals surface area (Å²) in [5.41, 5.74) is -2.07. The summed E-state index contributed by atoms with van der Waals surface area (Å²) in [5, 5.41) is 34.5. The molecule has 2 aliphatic heterocycles. The van der Waals surface area contributed by atoms with Crippen molar-refractivity contribution in [1.29, 1.82) is 0 Å². The number of likely N-dealkylation sites (tertiary alicyclic amines) is 2. The normalized spacial score (nSPS) is 28.0. The maximum atomic E-state index is 13.7. The Morgan fingerprint density at radius 1 is 0.930 bits per heavy atom. The number of aliphatic hydroxyl groups is 1. The number of nitrogens with zero attached hydrogens (tertiary/aromatic N) is 6. The van der Waals surface area contributed by atoms with Gasteiger partial charge >= 0.3 is 11.9 Å². The zero-order chi connectivity index (χ0) is 30.6. The highest BCUT2D eigenvalue weighted by molar-refractivity contribution is 5.85. The van der Waals surface area contributed by atoms with E-state index in [-0.39, 0.29) is 26.2 Å². The molecule has 2 fully saturated rings. The molecule has 3 aromatic heterocycles. The molecule has 2 saturated heterocycles. The molecule has 0 aromatic carbocycles. The van der Waals surface area contributed by atoms with Crippen LogP contribution in [0.2, 0.25) is 0 Å². The summed E-state index contributed by atoms with van der Waals surface area (Å²) in [5.74, 6) is -2.66. The topological polar surface area (TPSA) is 152 Å². The highest BCUT2D eigenvalue weighted by atomic mass is 16.4. The standard InChI is InChI=1S/C32H34N6O5/c1-3-14-35-24(4-2)26-31(29(40)41)20-37(18-22-11-5-8-15-33-22)21-32(28(31)39,30(42)43)27(25-13-7-10-17-36-25)38(26)19-23-12-6-9-16-34-23/h3-17,26-28,39H,1,18-21H2,2H3,(H,40,41)(H,42,43). The van der Waals surface area contributed by atoms with E-state index in [4.69, 9.17) is 0 Å². The van der Waals surface area contributed by atoms with Crippen LogP contribution in [0.5, 0.6) is 0 Å². The average molecular weight is 583 g/mol. The zero-order valence-electron chi connectivity index (χ0n) is 23.8. The van der Waals surface area contributed by atoms with Crippen molar-refractivity contribution in [2.45, 2.75) is 38.2 Å². The van der Waals surface area contributed by atoms with Crippen LogP contribution in [0.25, 0.3) is 0 Å². The Labute approximate surface area is 249 Å². The van der Waals surface area contributed by atoms with E-state index in [0.29, 0.717) is 22.8 Å². The van der Waals surface area contributed by atoms with Gasteiger partial charge in [0.15, 0.2) is 0 Å². The molecule has 2 bridgehead atoms. The molecule has 3 aromatic rings. The molecular weight excluding hydrogens is 548 g/mol. The van der Waals surface area contributed by atoms with E-state index < -0.39 is 41.0 Å². The first-order valence-electron chi connectivity index (χ1n) is 13.9. The molecular formula is C32H34N6O5. The summed E-state index contributed by atoms with van der Waals surface area (Å²) in [6.45, 7) is 5.40. The number of aromatic nitrogens is 3. The monoisotopic (exact) mass is 582 g/mol. The van der Waals surface area contributed by atoms with Crippen molar-refractivity contribution in [1.82, 2.24) is 24.8 Å². The number of fused-ring (bicyclic) bond motifs is 2. The molecule has 0 radical (unpaired) electrons. The van der Waals surface area contributed by atoms with Gasteiger partial charge in [-0.05, 0) is 43.3 Å². The number of hydrogen-bond donors (Lipinski definition) is 3. The van der Waals surface area contributed by atoms with Crippen molar-refractivity contribution in [3.8, 4) is 0 Å². The van der Waals surface area contributed by atoms with Crippen LogP contribution in [0.3, 0.4) is 0 Å². The number of piperidine rings is 2. The molecule has 5 atom stereocenters. The summed E-state index contributed by atoms with van der Waals surface area (Å²) >= 11 is 0. The van der Waals surface area contributed by atoms with E-state index in [1.54, 1.807) is 83.9 Å². The summed E-state index contributed by atoms with van der Waals surface area (Å²) in [4.78, 5) is 48.9. The second kappa shape index (κ2) is 12.3. The molecule has 11 nitrogen and oxygen atoms in total. The van der Waals surface area contributed by atoms with Gasteiger partial charge in [0.1, 0.15) is 10.8 Å². The van der Waals surface area contributed by atoms with Crippen LogP contribution in [0.15, 0.2) is 103 Å². The average Bonchev–Trinajstić information content (AvgIpc) is 3.01. The van der Waals surface area contributed by atoms with Crippen LogP contribution in [0.1, 0.15) is 30.0 Å². The van der Waals surface area contributed by atoms with Crippen LogP contribution in [-0.2, 0) is 22.7 Å². The van der Waals surface area contributed by atoms with E-state index in [0.717, 1.165) is 0 Å². The quantitative estimate of drug-likeness (QED) is 0.304. The fourth-order valence-corrected chi connectivity index (χ4v) is 6.79. The number of aliphatic imine (C=N–C) groups is 1. The number of carboxylic acids is 2. The third kappa shape index (κ3) is 5.16. The van der Waals surface area contributed by atoms with Crippen molar-refractivity contribution >= 4 is 18.2 Å². The van der Waals surface area contributed by atoms with Gasteiger partial charge in [-0.25, -0.2) is 0 Å². The molecule has 0 spiro atoms. The fourth-order valence-electron chi connectivity index (χ4n) is 6.79. The number of aliphatic hydroxyl groups excluding tert-OH is 1. The van der Waals surface area contributed by atoms with Crippen LogP contribution in [0.4, 0.5) is 0 Å². The Bertz CT molecular complexity index is 1520. The smallest absolute Gasteiger partial charge is 0.315 e. The molecule has 0 aliphatic carbocycles. The number of allylic oxidation sites excluding steroid dienone is 2. The molecule has 5 unspecified atom stereocenters. The first-order chi connectivity index (χ1) is 20.8. The van der Waals surface area contributed by atoms with Crippen molar-refractivity contribution in [2.24, 2.45) is 15.8 Å². The highest BCUT2D eigenvalue weighted by Gasteiger charge is 2.75. The van der Waals surface area contributed by atoms with Crippen LogP contribution in [-0.4, -0.2) is 83.5 Å². The lowest BCUT2D eigenvalue weighted by molar-refractivity contribution is -0.246. The molecule has 3 N–H and O–H groups in total. The fraction of sp³-hybridized carbons (Fsp3) is 0.312. The van der Waals surface area contributed by atoms with Gasteiger partial charge in [-0.1, -0.05) is 36.9 Å². The maximum Gasteiger partial charge on any atom is 0.315 e. The van der Waals surface area contributed by atoms with E-state index >= 15 is 0 Å². The van der Waals surface area contributed by atoms with E-state index in [2.05, 4.69) is 26.5 Å². The molecule has 0 saturated carbocycles. The summed E-state index contributed by atoms with van der Waals surface area (Å²) in [7, 11) is 0. The minimum Gasteiger partial charge on any atom is -0.481 e. The molecule has 0 amide bonds. The first-order valence-corrected chi connectivity index (χ1v) is 13.9. The number of hydrogen-bond acceptors (Lipinski definition) is 9. The van der Waals surface area contributed by atoms with Gasteiger partial charge in [-0.3, -0.25) is 39.3 Å². The van der Waals surface area contributed by atoms with Gasteiger partial charge in [0, 0.05) is 51.0 Å². The predicted octanol–water partition coefficient (Wildman–Crippen LogP) is 2.98. The maximum absolute atomic E-state index is 13.7. The Kier molecular flexibility index (Phi) is 8.58. The number of carbonyl (C=O) groups is 2. The molecule has 11 heteroatoms. The van der Waals surface area contributed by atoms with Crippen molar-refractivity contribution < 1.29 is 24.9 Å². The van der Waals surface area contributed by atoms with E-state index in [1.165, 1.54) is 12.3 Å². The van der Waals surface area contributed by atoms with Gasteiger partial charge in [0.05, 0.1) is 41.0 Å². The number of carboxylic acid groups (broad SMARTS) is 2. The van der Waals surface area contributed by atoms with E-state index in [1.807, 2.05) is 12.1 Å². The van der Waals surface area contributed by atoms with Crippen LogP contribution < -0.4 is 0 Å². The molecule has 43 heavy (non-hydrogen) atoms. The van der Waals surface area contributed by atoms with Crippen LogP contribution in [0, 0.1) is 10.8 Å². The Balaban J connectivity index is 1.83. The third-order valence-corrected chi connectivity index (χ3v) is 8.44. The minimum absolute atomic E-state index is 0.0741. The second-order valence-corrected chi connectivity index (χ2v) is 10.8. The van der Waals surface area contributed by atoms with Crippen molar-refractivity contribution in [2.75, 3.05) is 13.1 Å². The molecule has 5 rings (SSSR count). The largest absolute Gasteiger partial charge is 0.481 e. The number of pyridine rings is 3. The second-order valence-electron chi connectivity index (χ2n) is 10.8. The summed E-state index contributed by atoms with van der Waals surface area (Å²) in [6.07, 6.45) is 7.62. The molecule has 222 valence electrons. The minimum atomic E-state index is -2.02.